The lowest BCUT2D eigenvalue weighted by Crippen LogP contribution is -2.46. The van der Waals surface area contributed by atoms with Crippen molar-refractivity contribution in [2.24, 2.45) is 23.5 Å². The fourth-order valence-electron chi connectivity index (χ4n) is 4.86. The molecule has 6 atom stereocenters. The maximum absolute atomic E-state index is 14.2. The Balaban J connectivity index is 1.40. The summed E-state index contributed by atoms with van der Waals surface area (Å²) in [6.45, 7) is 0. The smallest absolute Gasteiger partial charge is 0.271 e. The highest BCUT2D eigenvalue weighted by Gasteiger charge is 2.55. The number of anilines is 2. The van der Waals surface area contributed by atoms with Crippen molar-refractivity contribution in [1.29, 1.82) is 0 Å². The minimum atomic E-state index is -0.937. The van der Waals surface area contributed by atoms with Crippen molar-refractivity contribution < 1.29 is 19.2 Å². The molecule has 1 aromatic heterocycles. The molecule has 1 aromatic carbocycles. The SMILES string of the molecule is NC(=O)C1C2CC(SCC(O)Nc3cccc([N+](=O)[O-])c3)C(C2)C1Nc1nc(Cl)ncc1F. The zero-order chi connectivity index (χ0) is 23.7. The molecule has 176 valence electrons. The molecule has 6 unspecified atom stereocenters. The van der Waals surface area contributed by atoms with E-state index in [1.807, 2.05) is 0 Å². The van der Waals surface area contributed by atoms with Crippen LogP contribution in [0.15, 0.2) is 30.5 Å². The van der Waals surface area contributed by atoms with Crippen molar-refractivity contribution in [1.82, 2.24) is 9.97 Å². The number of nitrogens with one attached hydrogen (secondary N) is 2. The zero-order valence-corrected chi connectivity index (χ0v) is 18.8. The van der Waals surface area contributed by atoms with Gasteiger partial charge in [0.25, 0.3) is 5.69 Å². The molecule has 33 heavy (non-hydrogen) atoms. The van der Waals surface area contributed by atoms with Crippen LogP contribution in [0.1, 0.15) is 12.8 Å². The van der Waals surface area contributed by atoms with Gasteiger partial charge >= 0.3 is 0 Å². The monoisotopic (exact) mass is 496 g/mol. The first kappa shape index (κ1) is 23.5. The molecule has 13 heteroatoms. The molecule has 2 aliphatic rings. The first-order valence-corrected chi connectivity index (χ1v) is 11.7. The van der Waals surface area contributed by atoms with E-state index in [9.17, 15) is 24.4 Å². The molecular formula is C20H22ClFN6O4S. The quantitative estimate of drug-likeness (QED) is 0.177. The third kappa shape index (κ3) is 5.12. The van der Waals surface area contributed by atoms with Crippen molar-refractivity contribution in [3.8, 4) is 0 Å². The maximum Gasteiger partial charge on any atom is 0.271 e. The Morgan fingerprint density at radius 2 is 2.24 bits per heavy atom. The first-order valence-electron chi connectivity index (χ1n) is 10.3. The number of aliphatic hydroxyl groups is 1. The van der Waals surface area contributed by atoms with E-state index < -0.39 is 34.8 Å². The van der Waals surface area contributed by atoms with Gasteiger partial charge in [0.1, 0.15) is 6.23 Å². The molecule has 0 aliphatic heterocycles. The number of aromatic nitrogens is 2. The highest BCUT2D eigenvalue weighted by atomic mass is 35.5. The van der Waals surface area contributed by atoms with Crippen LogP contribution in [0, 0.1) is 33.7 Å². The second-order valence-corrected chi connectivity index (χ2v) is 9.78. The number of halogens is 2. The fourth-order valence-corrected chi connectivity index (χ4v) is 6.42. The average molecular weight is 497 g/mol. The number of non-ortho nitro benzene ring substituents is 1. The molecule has 2 bridgehead atoms. The number of carbonyl (C=O) groups is 1. The number of amides is 1. The predicted molar refractivity (Wildman–Crippen MR) is 122 cm³/mol. The second kappa shape index (κ2) is 9.65. The molecule has 2 aromatic rings. The summed E-state index contributed by atoms with van der Waals surface area (Å²) in [4.78, 5) is 30.0. The first-order chi connectivity index (χ1) is 15.7. The summed E-state index contributed by atoms with van der Waals surface area (Å²) in [6.07, 6.45) is 1.52. The van der Waals surface area contributed by atoms with E-state index in [1.54, 1.807) is 6.07 Å². The number of nitro benzene ring substituents is 1. The standard InChI is InChI=1S/C20H22ClFN6O4S/c21-20-24-7-13(22)19(27-20)26-17-12-4-9(16(17)18(23)30)5-14(12)33-8-15(29)25-10-2-1-3-11(6-10)28(31)32/h1-3,6-7,9,12,14-17,25,29H,4-5,8H2,(H2,23,30)(H,24,26,27). The molecule has 5 N–H and O–H groups in total. The van der Waals surface area contributed by atoms with Gasteiger partial charge in [-0.1, -0.05) is 6.07 Å². The molecule has 4 rings (SSSR count). The van der Waals surface area contributed by atoms with Gasteiger partial charge in [-0.05, 0) is 42.3 Å². The summed E-state index contributed by atoms with van der Waals surface area (Å²) in [5.74, 6) is -1.29. The van der Waals surface area contributed by atoms with Crippen LogP contribution in [0.2, 0.25) is 5.28 Å². The van der Waals surface area contributed by atoms with Gasteiger partial charge in [-0.3, -0.25) is 14.9 Å². The number of aliphatic hydroxyl groups excluding tert-OH is 1. The van der Waals surface area contributed by atoms with E-state index in [2.05, 4.69) is 20.6 Å². The third-order valence-electron chi connectivity index (χ3n) is 6.15. The van der Waals surface area contributed by atoms with Gasteiger partial charge in [0, 0.05) is 34.9 Å². The van der Waals surface area contributed by atoms with Gasteiger partial charge in [-0.25, -0.2) is 9.37 Å². The van der Waals surface area contributed by atoms with Gasteiger partial charge in [-0.2, -0.15) is 16.7 Å². The molecule has 0 saturated heterocycles. The maximum atomic E-state index is 14.2. The van der Waals surface area contributed by atoms with Crippen molar-refractivity contribution in [2.45, 2.75) is 30.4 Å². The molecule has 2 fully saturated rings. The molecule has 1 heterocycles. The summed E-state index contributed by atoms with van der Waals surface area (Å²) in [5, 5.41) is 27.2. The molecule has 2 saturated carbocycles. The number of hydrogen-bond donors (Lipinski definition) is 4. The van der Waals surface area contributed by atoms with Crippen LogP contribution in [0.5, 0.6) is 0 Å². The van der Waals surface area contributed by atoms with E-state index in [0.717, 1.165) is 19.0 Å². The molecule has 0 spiro atoms. The second-order valence-electron chi connectivity index (χ2n) is 8.17. The number of nitrogens with two attached hydrogens (primary N) is 1. The summed E-state index contributed by atoms with van der Waals surface area (Å²) in [6, 6.07) is 5.48. The number of primary amides is 1. The van der Waals surface area contributed by atoms with Crippen LogP contribution < -0.4 is 16.4 Å². The van der Waals surface area contributed by atoms with Crippen LogP contribution in [0.3, 0.4) is 0 Å². The minimum Gasteiger partial charge on any atom is -0.373 e. The molecule has 0 radical (unpaired) electrons. The number of nitro groups is 1. The summed E-state index contributed by atoms with van der Waals surface area (Å²) < 4.78 is 14.2. The number of hydrogen-bond acceptors (Lipinski definition) is 9. The Hall–Kier alpha value is -2.70. The van der Waals surface area contributed by atoms with E-state index >= 15 is 0 Å². The van der Waals surface area contributed by atoms with Crippen LogP contribution in [0.4, 0.5) is 21.6 Å². The summed E-state index contributed by atoms with van der Waals surface area (Å²) in [5.41, 5.74) is 6.01. The van der Waals surface area contributed by atoms with Gasteiger partial charge in [0.2, 0.25) is 11.2 Å². The number of benzene rings is 1. The van der Waals surface area contributed by atoms with E-state index in [0.29, 0.717) is 11.4 Å². The highest BCUT2D eigenvalue weighted by Crippen LogP contribution is 2.53. The Labute approximate surface area is 197 Å². The van der Waals surface area contributed by atoms with Crippen molar-refractivity contribution >= 4 is 46.5 Å². The van der Waals surface area contributed by atoms with Crippen molar-refractivity contribution in [2.75, 3.05) is 16.4 Å². The number of fused-ring (bicyclic) bond motifs is 2. The number of carbonyl (C=O) groups excluding carboxylic acids is 1. The number of nitrogens with zero attached hydrogens (tertiary/aromatic N) is 3. The van der Waals surface area contributed by atoms with Crippen LogP contribution in [-0.4, -0.2) is 49.2 Å². The average Bonchev–Trinajstić information content (AvgIpc) is 3.33. The van der Waals surface area contributed by atoms with Gasteiger partial charge < -0.3 is 21.5 Å². The molecule has 1 amide bonds. The highest BCUT2D eigenvalue weighted by molar-refractivity contribution is 8.00. The molecular weight excluding hydrogens is 475 g/mol. The van der Waals surface area contributed by atoms with E-state index in [1.165, 1.54) is 30.0 Å². The van der Waals surface area contributed by atoms with Gasteiger partial charge in [0.15, 0.2) is 11.6 Å². The molecule has 2 aliphatic carbocycles. The normalized spacial score (nSPS) is 26.7. The van der Waals surface area contributed by atoms with Crippen molar-refractivity contribution in [3.05, 3.63) is 51.7 Å². The van der Waals surface area contributed by atoms with Gasteiger partial charge in [-0.15, -0.1) is 0 Å². The third-order valence-corrected chi connectivity index (χ3v) is 7.81. The fraction of sp³-hybridized carbons (Fsp3) is 0.450. The van der Waals surface area contributed by atoms with E-state index in [4.69, 9.17) is 17.3 Å². The lowest BCUT2D eigenvalue weighted by atomic mass is 9.83. The van der Waals surface area contributed by atoms with Gasteiger partial charge in [0.05, 0.1) is 17.0 Å². The number of thioether (sulfide) groups is 1. The Bertz CT molecular complexity index is 1060. The van der Waals surface area contributed by atoms with Crippen LogP contribution in [-0.2, 0) is 4.79 Å². The van der Waals surface area contributed by atoms with Crippen LogP contribution >= 0.6 is 23.4 Å². The van der Waals surface area contributed by atoms with Crippen LogP contribution in [0.25, 0.3) is 0 Å². The lowest BCUT2D eigenvalue weighted by Gasteiger charge is -2.35. The van der Waals surface area contributed by atoms with E-state index in [-0.39, 0.29) is 33.9 Å². The predicted octanol–water partition coefficient (Wildman–Crippen LogP) is 2.63. The summed E-state index contributed by atoms with van der Waals surface area (Å²) in [7, 11) is 0. The summed E-state index contributed by atoms with van der Waals surface area (Å²) >= 11 is 7.32. The lowest BCUT2D eigenvalue weighted by molar-refractivity contribution is -0.384. The zero-order valence-electron chi connectivity index (χ0n) is 17.2. The topological polar surface area (TPSA) is 156 Å². The largest absolute Gasteiger partial charge is 0.373 e. The minimum absolute atomic E-state index is 0.00986. The Kier molecular flexibility index (Phi) is 6.86. The molecule has 10 nitrogen and oxygen atoms in total. The van der Waals surface area contributed by atoms with Crippen molar-refractivity contribution in [3.63, 3.8) is 0 Å². The number of rotatable bonds is 9. The Morgan fingerprint density at radius 3 is 2.97 bits per heavy atom. The Morgan fingerprint density at radius 1 is 1.45 bits per heavy atom.